The molecule has 0 spiro atoms. The van der Waals surface area contributed by atoms with Crippen LogP contribution in [0.15, 0.2) is 85.5 Å². The molecule has 0 saturated carbocycles. The number of hydrogen-bond acceptors (Lipinski definition) is 4. The molecule has 6 heteroatoms. The van der Waals surface area contributed by atoms with Gasteiger partial charge in [0.1, 0.15) is 11.2 Å². The third-order valence-electron chi connectivity index (χ3n) is 5.28. The number of pyridine rings is 3. The maximum atomic E-state index is 4.88. The zero-order valence-electron chi connectivity index (χ0n) is 15.9. The van der Waals surface area contributed by atoms with E-state index in [1.54, 1.807) is 18.6 Å². The van der Waals surface area contributed by atoms with Crippen molar-refractivity contribution in [2.45, 2.75) is 0 Å². The summed E-state index contributed by atoms with van der Waals surface area (Å²) in [6.45, 7) is 0. The molecule has 0 aliphatic heterocycles. The molecule has 0 radical (unpaired) electrons. The molecule has 0 aliphatic rings. The third kappa shape index (κ3) is 2.66. The number of benzene rings is 1. The van der Waals surface area contributed by atoms with E-state index in [-0.39, 0.29) is 0 Å². The summed E-state index contributed by atoms with van der Waals surface area (Å²) >= 11 is 0. The normalized spacial score (nSPS) is 11.3. The molecule has 5 aromatic heterocycles. The van der Waals surface area contributed by atoms with Crippen molar-refractivity contribution in [2.75, 3.05) is 0 Å². The van der Waals surface area contributed by atoms with Gasteiger partial charge in [-0.15, -0.1) is 0 Å². The first kappa shape index (κ1) is 16.6. The predicted molar refractivity (Wildman–Crippen MR) is 118 cm³/mol. The van der Waals surface area contributed by atoms with Crippen molar-refractivity contribution in [1.82, 2.24) is 30.1 Å². The maximum absolute atomic E-state index is 4.88. The number of H-pyrrole nitrogens is 2. The first-order valence-corrected chi connectivity index (χ1v) is 9.65. The van der Waals surface area contributed by atoms with Crippen LogP contribution in [-0.2, 0) is 0 Å². The number of nitrogens with one attached hydrogen (secondary N) is 2. The molecule has 5 heterocycles. The number of nitrogens with zero attached hydrogens (tertiary/aromatic N) is 4. The van der Waals surface area contributed by atoms with E-state index in [0.29, 0.717) is 0 Å². The Labute approximate surface area is 171 Å². The Bertz CT molecular complexity index is 1480. The van der Waals surface area contributed by atoms with E-state index >= 15 is 0 Å². The molecule has 0 atom stereocenters. The summed E-state index contributed by atoms with van der Waals surface area (Å²) in [6.07, 6.45) is 7.21. The standard InChI is InChI=1S/C24H16N6/c1-4-17(16-3-2-10-26-14-16)18-13-22(27-20(18)5-1)24-23-21(29-30-24)7-6-19(28-23)15-8-11-25-12-9-15/h1-14,27H,(H,29,30). The number of aromatic amines is 2. The van der Waals surface area contributed by atoms with Crippen LogP contribution < -0.4 is 0 Å². The molecule has 6 nitrogen and oxygen atoms in total. The molecule has 30 heavy (non-hydrogen) atoms. The van der Waals surface area contributed by atoms with Gasteiger partial charge in [0.05, 0.1) is 16.9 Å². The average molecular weight is 388 g/mol. The lowest BCUT2D eigenvalue weighted by Gasteiger charge is -2.02. The van der Waals surface area contributed by atoms with E-state index in [1.807, 2.05) is 42.6 Å². The Morgan fingerprint density at radius 3 is 2.53 bits per heavy atom. The smallest absolute Gasteiger partial charge is 0.135 e. The molecule has 1 aromatic carbocycles. The van der Waals surface area contributed by atoms with Gasteiger partial charge in [0.2, 0.25) is 0 Å². The molecule has 0 unspecified atom stereocenters. The molecule has 0 fully saturated rings. The summed E-state index contributed by atoms with van der Waals surface area (Å²) in [6, 6.07) is 20.3. The van der Waals surface area contributed by atoms with Crippen LogP contribution in [0.2, 0.25) is 0 Å². The number of fused-ring (bicyclic) bond motifs is 2. The van der Waals surface area contributed by atoms with Gasteiger partial charge >= 0.3 is 0 Å². The van der Waals surface area contributed by atoms with Gasteiger partial charge in [-0.05, 0) is 48.0 Å². The number of hydrogen-bond donors (Lipinski definition) is 2. The Morgan fingerprint density at radius 2 is 1.67 bits per heavy atom. The van der Waals surface area contributed by atoms with Gasteiger partial charge in [0.15, 0.2) is 0 Å². The number of rotatable bonds is 3. The molecule has 0 saturated heterocycles. The second-order valence-corrected chi connectivity index (χ2v) is 7.09. The van der Waals surface area contributed by atoms with Crippen molar-refractivity contribution in [3.8, 4) is 33.8 Å². The molecule has 6 aromatic rings. The molecule has 2 N–H and O–H groups in total. The SMILES string of the molecule is c1cncc(-c2cccc3[nH]c(-c4n[nH]c5ccc(-c6ccncc6)nc45)cc23)c1. The summed E-state index contributed by atoms with van der Waals surface area (Å²) in [5, 5.41) is 8.78. The zero-order chi connectivity index (χ0) is 19.9. The summed E-state index contributed by atoms with van der Waals surface area (Å²) < 4.78 is 0. The molecule has 142 valence electrons. The largest absolute Gasteiger partial charge is 0.353 e. The highest BCUT2D eigenvalue weighted by Crippen LogP contribution is 2.33. The van der Waals surface area contributed by atoms with E-state index in [9.17, 15) is 0 Å². The lowest BCUT2D eigenvalue weighted by molar-refractivity contribution is 1.12. The summed E-state index contributed by atoms with van der Waals surface area (Å²) in [5.74, 6) is 0. The van der Waals surface area contributed by atoms with Gasteiger partial charge in [-0.2, -0.15) is 5.10 Å². The third-order valence-corrected chi connectivity index (χ3v) is 5.28. The first-order chi connectivity index (χ1) is 14.9. The van der Waals surface area contributed by atoms with E-state index in [4.69, 9.17) is 4.98 Å². The van der Waals surface area contributed by atoms with Gasteiger partial charge < -0.3 is 4.98 Å². The van der Waals surface area contributed by atoms with Crippen LogP contribution in [0.3, 0.4) is 0 Å². The second-order valence-electron chi connectivity index (χ2n) is 7.09. The zero-order valence-corrected chi connectivity index (χ0v) is 15.9. The van der Waals surface area contributed by atoms with Crippen LogP contribution in [0.1, 0.15) is 0 Å². The van der Waals surface area contributed by atoms with E-state index < -0.39 is 0 Å². The van der Waals surface area contributed by atoms with Gasteiger partial charge in [-0.25, -0.2) is 4.98 Å². The topological polar surface area (TPSA) is 83.1 Å². The van der Waals surface area contributed by atoms with Crippen LogP contribution >= 0.6 is 0 Å². The van der Waals surface area contributed by atoms with Gasteiger partial charge in [-0.1, -0.05) is 18.2 Å². The lowest BCUT2D eigenvalue weighted by Crippen LogP contribution is -1.86. The van der Waals surface area contributed by atoms with Crippen LogP contribution in [-0.4, -0.2) is 30.1 Å². The Balaban J connectivity index is 1.52. The molecular weight excluding hydrogens is 372 g/mol. The summed E-state index contributed by atoms with van der Waals surface area (Å²) in [4.78, 5) is 16.7. The fourth-order valence-corrected chi connectivity index (χ4v) is 3.83. The highest BCUT2D eigenvalue weighted by atomic mass is 15.1. The Kier molecular flexibility index (Phi) is 3.67. The van der Waals surface area contributed by atoms with Gasteiger partial charge in [-0.3, -0.25) is 15.1 Å². The fraction of sp³-hybridized carbons (Fsp3) is 0. The first-order valence-electron chi connectivity index (χ1n) is 9.65. The molecule has 0 amide bonds. The van der Waals surface area contributed by atoms with Crippen LogP contribution in [0.4, 0.5) is 0 Å². The maximum Gasteiger partial charge on any atom is 0.135 e. The van der Waals surface area contributed by atoms with Crippen molar-refractivity contribution in [2.24, 2.45) is 0 Å². The lowest BCUT2D eigenvalue weighted by atomic mass is 10.0. The average Bonchev–Trinajstić information content (AvgIpc) is 3.43. The van der Waals surface area contributed by atoms with Gasteiger partial charge in [0.25, 0.3) is 0 Å². The van der Waals surface area contributed by atoms with Crippen molar-refractivity contribution in [3.63, 3.8) is 0 Å². The number of aromatic nitrogens is 6. The predicted octanol–water partition coefficient (Wildman–Crippen LogP) is 5.23. The summed E-state index contributed by atoms with van der Waals surface area (Å²) in [5.41, 5.74) is 8.63. The van der Waals surface area contributed by atoms with Crippen LogP contribution in [0, 0.1) is 0 Å². The quantitative estimate of drug-likeness (QED) is 0.435. The van der Waals surface area contributed by atoms with Crippen LogP contribution in [0.25, 0.3) is 55.7 Å². The summed E-state index contributed by atoms with van der Waals surface area (Å²) in [7, 11) is 0. The minimum atomic E-state index is 0.800. The molecule has 0 bridgehead atoms. The monoisotopic (exact) mass is 388 g/mol. The van der Waals surface area contributed by atoms with E-state index in [2.05, 4.69) is 49.4 Å². The Hall–Kier alpha value is -4.32. The van der Waals surface area contributed by atoms with E-state index in [0.717, 1.165) is 55.7 Å². The minimum absolute atomic E-state index is 0.800. The fourth-order valence-electron chi connectivity index (χ4n) is 3.83. The van der Waals surface area contributed by atoms with Crippen molar-refractivity contribution >= 4 is 21.9 Å². The van der Waals surface area contributed by atoms with Crippen molar-refractivity contribution in [1.29, 1.82) is 0 Å². The van der Waals surface area contributed by atoms with E-state index in [1.165, 1.54) is 0 Å². The molecular formula is C24H16N6. The highest BCUT2D eigenvalue weighted by Gasteiger charge is 2.15. The van der Waals surface area contributed by atoms with Crippen molar-refractivity contribution in [3.05, 3.63) is 85.5 Å². The minimum Gasteiger partial charge on any atom is -0.353 e. The molecule has 6 rings (SSSR count). The molecule has 0 aliphatic carbocycles. The van der Waals surface area contributed by atoms with Gasteiger partial charge in [0, 0.05) is 46.8 Å². The van der Waals surface area contributed by atoms with Crippen molar-refractivity contribution < 1.29 is 0 Å². The second kappa shape index (κ2) is 6.63. The highest BCUT2D eigenvalue weighted by molar-refractivity contribution is 6.00. The Morgan fingerprint density at radius 1 is 0.733 bits per heavy atom. The van der Waals surface area contributed by atoms with Crippen LogP contribution in [0.5, 0.6) is 0 Å².